The van der Waals surface area contributed by atoms with E-state index in [2.05, 4.69) is 26.8 Å². The zero-order valence-electron chi connectivity index (χ0n) is 19.0. The first-order chi connectivity index (χ1) is 14.3. The topological polar surface area (TPSA) is 66.4 Å². The summed E-state index contributed by atoms with van der Waals surface area (Å²) in [6.45, 7) is 10.9. The van der Waals surface area contributed by atoms with Crippen LogP contribution in [0.15, 0.2) is 12.1 Å². The Morgan fingerprint density at radius 2 is 1.33 bits per heavy atom. The van der Waals surface area contributed by atoms with Crippen molar-refractivity contribution in [2.45, 2.75) is 65.9 Å². The Morgan fingerprint density at radius 3 is 1.87 bits per heavy atom. The van der Waals surface area contributed by atoms with Crippen molar-refractivity contribution in [3.8, 4) is 11.5 Å². The van der Waals surface area contributed by atoms with E-state index < -0.39 is 0 Å². The molecule has 0 atom stereocenters. The third kappa shape index (κ3) is 13.1. The number of hydrogen-bond donors (Lipinski definition) is 1. The van der Waals surface area contributed by atoms with Crippen LogP contribution in [0.3, 0.4) is 0 Å². The molecule has 6 nitrogen and oxygen atoms in total. The van der Waals surface area contributed by atoms with Crippen LogP contribution in [0, 0.1) is 0 Å². The van der Waals surface area contributed by atoms with Crippen molar-refractivity contribution in [2.24, 2.45) is 0 Å². The Labute approximate surface area is 201 Å². The Balaban J connectivity index is 0.00000125. The molecule has 1 aromatic carbocycles. The van der Waals surface area contributed by atoms with E-state index in [1.807, 2.05) is 6.07 Å². The second-order valence-electron chi connectivity index (χ2n) is 6.93. The molecule has 172 valence electrons. The second-order valence-corrected chi connectivity index (χ2v) is 6.93. The van der Waals surface area contributed by atoms with Crippen LogP contribution < -0.4 is 9.47 Å². The molecule has 0 amide bonds. The molecule has 1 aromatic rings. The molecule has 30 heavy (non-hydrogen) atoms. The van der Waals surface area contributed by atoms with Crippen LogP contribution in [0.25, 0.3) is 0 Å². The van der Waals surface area contributed by atoms with E-state index in [1.165, 1.54) is 11.1 Å². The van der Waals surface area contributed by atoms with Crippen molar-refractivity contribution in [1.82, 2.24) is 0 Å². The molecule has 0 saturated heterocycles. The number of fused-ring (bicyclic) bond motifs is 1. The molecule has 1 heterocycles. The summed E-state index contributed by atoms with van der Waals surface area (Å²) in [5.41, 5.74) is 2.44. The summed E-state index contributed by atoms with van der Waals surface area (Å²) in [6.07, 6.45) is 6.42. The number of hydrogen-bond acceptors (Lipinski definition) is 6. The number of ether oxygens (including phenoxy) is 5. The zero-order chi connectivity index (χ0) is 21.2. The number of unbranched alkanes of at least 4 members (excludes halogenated alkanes) is 2. The number of aliphatic hydroxyl groups excluding tert-OH is 1. The minimum atomic E-state index is 0. The van der Waals surface area contributed by atoms with Crippen molar-refractivity contribution < 1.29 is 55.0 Å². The molecule has 0 aliphatic carbocycles. The first-order valence-electron chi connectivity index (χ1n) is 11.0. The Kier molecular flexibility index (Phi) is 20.1. The predicted octanol–water partition coefficient (Wildman–Crippen LogP) is 4.49. The third-order valence-corrected chi connectivity index (χ3v) is 4.37. The van der Waals surface area contributed by atoms with Gasteiger partial charge in [0.1, 0.15) is 0 Å². The molecular formula is C23H40O6Zr. The molecule has 2 rings (SSSR count). The van der Waals surface area contributed by atoms with Crippen molar-refractivity contribution in [3.05, 3.63) is 23.3 Å². The molecule has 0 aromatic heterocycles. The molecule has 0 fully saturated rings. The van der Waals surface area contributed by atoms with Gasteiger partial charge in [0.2, 0.25) is 6.79 Å². The van der Waals surface area contributed by atoms with Crippen LogP contribution >= 0.6 is 0 Å². The summed E-state index contributed by atoms with van der Waals surface area (Å²) in [6, 6.07) is 4.12. The molecule has 1 N–H and O–H groups in total. The van der Waals surface area contributed by atoms with Crippen LogP contribution in [0.4, 0.5) is 0 Å². The van der Waals surface area contributed by atoms with E-state index in [4.69, 9.17) is 28.8 Å². The van der Waals surface area contributed by atoms with Gasteiger partial charge >= 0.3 is 0 Å². The summed E-state index contributed by atoms with van der Waals surface area (Å²) in [7, 11) is 0. The maximum Gasteiger partial charge on any atom is 0.231 e. The fourth-order valence-electron chi connectivity index (χ4n) is 2.69. The van der Waals surface area contributed by atoms with Crippen LogP contribution in [0.1, 0.15) is 64.0 Å². The summed E-state index contributed by atoms with van der Waals surface area (Å²) in [4.78, 5) is 0. The summed E-state index contributed by atoms with van der Waals surface area (Å²) in [5.74, 6) is 1.66. The minimum absolute atomic E-state index is 0. The van der Waals surface area contributed by atoms with E-state index in [0.29, 0.717) is 46.4 Å². The van der Waals surface area contributed by atoms with Crippen molar-refractivity contribution >= 4 is 0 Å². The summed E-state index contributed by atoms with van der Waals surface area (Å²) < 4.78 is 27.6. The SMILES string of the molecule is CCCCO.CCCCOCCOCCOCc1cc2c(cc1CCC)OCO2.[Zr]. The molecule has 1 aliphatic heterocycles. The van der Waals surface area contributed by atoms with Gasteiger partial charge in [-0.05, 0) is 42.5 Å². The van der Waals surface area contributed by atoms with Gasteiger partial charge in [-0.15, -0.1) is 0 Å². The van der Waals surface area contributed by atoms with E-state index in [9.17, 15) is 0 Å². The fourth-order valence-corrected chi connectivity index (χ4v) is 2.69. The third-order valence-electron chi connectivity index (χ3n) is 4.37. The minimum Gasteiger partial charge on any atom is -0.454 e. The van der Waals surface area contributed by atoms with Gasteiger partial charge in [0.05, 0.1) is 33.0 Å². The molecule has 1 aliphatic rings. The Hall–Kier alpha value is -0.457. The van der Waals surface area contributed by atoms with E-state index in [-0.39, 0.29) is 26.2 Å². The number of rotatable bonds is 15. The predicted molar refractivity (Wildman–Crippen MR) is 115 cm³/mol. The summed E-state index contributed by atoms with van der Waals surface area (Å²) in [5, 5.41) is 8.07. The normalized spacial score (nSPS) is 11.6. The molecule has 0 radical (unpaired) electrons. The van der Waals surface area contributed by atoms with Crippen molar-refractivity contribution in [3.63, 3.8) is 0 Å². The van der Waals surface area contributed by atoms with Gasteiger partial charge < -0.3 is 28.8 Å². The molecule has 0 bridgehead atoms. The van der Waals surface area contributed by atoms with Gasteiger partial charge in [-0.25, -0.2) is 0 Å². The van der Waals surface area contributed by atoms with Crippen LogP contribution in [0.5, 0.6) is 11.5 Å². The van der Waals surface area contributed by atoms with Gasteiger partial charge in [-0.2, -0.15) is 0 Å². The number of benzene rings is 1. The zero-order valence-corrected chi connectivity index (χ0v) is 21.5. The van der Waals surface area contributed by atoms with E-state index >= 15 is 0 Å². The Morgan fingerprint density at radius 1 is 0.767 bits per heavy atom. The number of aliphatic hydroxyl groups is 1. The molecule has 0 unspecified atom stereocenters. The first-order valence-corrected chi connectivity index (χ1v) is 11.0. The van der Waals surface area contributed by atoms with Gasteiger partial charge in [0, 0.05) is 39.4 Å². The fraction of sp³-hybridized carbons (Fsp3) is 0.739. The first kappa shape index (κ1) is 29.5. The quantitative estimate of drug-likeness (QED) is 0.356. The Bertz CT molecular complexity index is 525. The maximum atomic E-state index is 8.07. The molecule has 7 heteroatoms. The number of aryl methyl sites for hydroxylation is 1. The monoisotopic (exact) mass is 502 g/mol. The van der Waals surface area contributed by atoms with Crippen molar-refractivity contribution in [2.75, 3.05) is 46.4 Å². The standard InChI is InChI=1S/C19H30O5.C4H10O.Zr/c1-3-5-7-20-8-9-21-10-11-22-14-17-13-19-18(23-15-24-19)12-16(17)6-4-2;1-2-3-4-5;/h12-13H,3-11,14-15H2,1-2H3;5H,2-4H2,1H3;. The summed E-state index contributed by atoms with van der Waals surface area (Å²) >= 11 is 0. The van der Waals surface area contributed by atoms with Crippen LogP contribution in [-0.4, -0.2) is 51.5 Å². The van der Waals surface area contributed by atoms with Gasteiger partial charge in [0.25, 0.3) is 0 Å². The molecule has 0 saturated carbocycles. The van der Waals surface area contributed by atoms with Crippen LogP contribution in [-0.2, 0) is 53.4 Å². The van der Waals surface area contributed by atoms with Gasteiger partial charge in [0.15, 0.2) is 11.5 Å². The average Bonchev–Trinajstić information content (AvgIpc) is 3.18. The van der Waals surface area contributed by atoms with Crippen molar-refractivity contribution in [1.29, 1.82) is 0 Å². The van der Waals surface area contributed by atoms with E-state index in [0.717, 1.165) is 56.6 Å². The van der Waals surface area contributed by atoms with Gasteiger partial charge in [-0.3, -0.25) is 0 Å². The smallest absolute Gasteiger partial charge is 0.231 e. The molecular weight excluding hydrogens is 463 g/mol. The molecule has 0 spiro atoms. The second kappa shape index (κ2) is 20.4. The average molecular weight is 504 g/mol. The van der Waals surface area contributed by atoms with E-state index in [1.54, 1.807) is 0 Å². The van der Waals surface area contributed by atoms with Crippen LogP contribution in [0.2, 0.25) is 0 Å². The van der Waals surface area contributed by atoms with Gasteiger partial charge in [-0.1, -0.05) is 40.0 Å². The largest absolute Gasteiger partial charge is 0.454 e. The maximum absolute atomic E-state index is 8.07.